The Hall–Kier alpha value is -2.24. The van der Waals surface area contributed by atoms with Crippen molar-refractivity contribution < 1.29 is 19.1 Å². The number of hydrogen-bond acceptors (Lipinski definition) is 5. The van der Waals surface area contributed by atoms with Crippen LogP contribution in [-0.4, -0.2) is 38.5 Å². The molecular weight excluding hydrogens is 284 g/mol. The number of nitrogens with zero attached hydrogens (tertiary/aromatic N) is 2. The predicted molar refractivity (Wildman–Crippen MR) is 86.5 cm³/mol. The summed E-state index contributed by atoms with van der Waals surface area (Å²) in [6, 6.07) is 7.16. The van der Waals surface area contributed by atoms with Crippen molar-refractivity contribution in [1.29, 1.82) is 0 Å². The van der Waals surface area contributed by atoms with Gasteiger partial charge in [0.05, 0.1) is 18.9 Å². The first-order valence-corrected chi connectivity index (χ1v) is 7.57. The van der Waals surface area contributed by atoms with Crippen LogP contribution in [0.4, 0.5) is 21.0 Å². The summed E-state index contributed by atoms with van der Waals surface area (Å²) in [5.74, 6) is 0. The van der Waals surface area contributed by atoms with Gasteiger partial charge in [0, 0.05) is 18.8 Å². The Kier molecular flexibility index (Phi) is 7.22. The van der Waals surface area contributed by atoms with Crippen molar-refractivity contribution in [1.82, 2.24) is 0 Å². The van der Waals surface area contributed by atoms with Gasteiger partial charge in [-0.2, -0.15) is 4.90 Å². The minimum Gasteiger partial charge on any atom is -0.449 e. The van der Waals surface area contributed by atoms with Gasteiger partial charge in [-0.3, -0.25) is 0 Å². The lowest BCUT2D eigenvalue weighted by Crippen LogP contribution is -2.38. The van der Waals surface area contributed by atoms with E-state index in [0.717, 1.165) is 23.7 Å². The van der Waals surface area contributed by atoms with E-state index in [1.54, 1.807) is 26.0 Å². The molecule has 6 heteroatoms. The third kappa shape index (κ3) is 4.38. The van der Waals surface area contributed by atoms with Crippen LogP contribution in [0.3, 0.4) is 0 Å². The quantitative estimate of drug-likeness (QED) is 0.802. The molecular formula is C16H24N2O4. The molecule has 0 bridgehead atoms. The van der Waals surface area contributed by atoms with Crippen molar-refractivity contribution in [2.24, 2.45) is 0 Å². The number of ether oxygens (including phenoxy) is 2. The smallest absolute Gasteiger partial charge is 0.423 e. The highest BCUT2D eigenvalue weighted by atomic mass is 16.6. The summed E-state index contributed by atoms with van der Waals surface area (Å²) in [6.45, 7) is 9.65. The molecule has 0 unspecified atom stereocenters. The van der Waals surface area contributed by atoms with E-state index in [2.05, 4.69) is 18.7 Å². The lowest BCUT2D eigenvalue weighted by molar-refractivity contribution is 0.140. The van der Waals surface area contributed by atoms with Crippen LogP contribution in [0.2, 0.25) is 0 Å². The van der Waals surface area contributed by atoms with Gasteiger partial charge in [-0.15, -0.1) is 0 Å². The minimum atomic E-state index is -0.739. The number of anilines is 2. The second-order valence-electron chi connectivity index (χ2n) is 4.42. The molecule has 1 aromatic carbocycles. The summed E-state index contributed by atoms with van der Waals surface area (Å²) < 4.78 is 9.84. The topological polar surface area (TPSA) is 59.1 Å². The molecule has 0 saturated carbocycles. The van der Waals surface area contributed by atoms with Crippen LogP contribution in [0, 0.1) is 0 Å². The fourth-order valence-electron chi connectivity index (χ4n) is 2.06. The van der Waals surface area contributed by atoms with Crippen LogP contribution >= 0.6 is 0 Å². The number of carbonyl (C=O) groups excluding carboxylic acids is 2. The number of rotatable bonds is 6. The molecule has 1 aromatic rings. The van der Waals surface area contributed by atoms with Crippen LogP contribution in [0.1, 0.15) is 27.7 Å². The Morgan fingerprint density at radius 2 is 1.23 bits per heavy atom. The summed E-state index contributed by atoms with van der Waals surface area (Å²) in [6.07, 6.45) is -1.48. The van der Waals surface area contributed by atoms with E-state index in [4.69, 9.17) is 9.47 Å². The van der Waals surface area contributed by atoms with Gasteiger partial charge in [-0.25, -0.2) is 9.59 Å². The first kappa shape index (κ1) is 17.8. The van der Waals surface area contributed by atoms with Gasteiger partial charge in [0.1, 0.15) is 0 Å². The van der Waals surface area contributed by atoms with Crippen molar-refractivity contribution in [2.75, 3.05) is 36.1 Å². The Bertz CT molecular complexity index is 465. The van der Waals surface area contributed by atoms with Gasteiger partial charge in [0.25, 0.3) is 0 Å². The second kappa shape index (κ2) is 8.92. The Morgan fingerprint density at radius 3 is 1.59 bits per heavy atom. The van der Waals surface area contributed by atoms with E-state index in [1.807, 2.05) is 12.1 Å². The maximum atomic E-state index is 12.0. The number of hydrogen-bond donors (Lipinski definition) is 0. The van der Waals surface area contributed by atoms with Crippen LogP contribution < -0.4 is 9.80 Å². The van der Waals surface area contributed by atoms with E-state index >= 15 is 0 Å². The fraction of sp³-hybridized carbons (Fsp3) is 0.500. The molecule has 0 aliphatic heterocycles. The Balaban J connectivity index is 3.04. The zero-order valence-electron chi connectivity index (χ0n) is 13.7. The first-order chi connectivity index (χ1) is 10.6. The Labute approximate surface area is 131 Å². The molecule has 22 heavy (non-hydrogen) atoms. The predicted octanol–water partition coefficient (Wildman–Crippen LogP) is 3.65. The van der Waals surface area contributed by atoms with Gasteiger partial charge in [-0.05, 0) is 52.0 Å². The van der Waals surface area contributed by atoms with Gasteiger partial charge in [0.2, 0.25) is 0 Å². The van der Waals surface area contributed by atoms with Crippen LogP contribution in [-0.2, 0) is 9.47 Å². The van der Waals surface area contributed by atoms with Crippen molar-refractivity contribution in [3.8, 4) is 0 Å². The zero-order chi connectivity index (χ0) is 16.5. The number of benzene rings is 1. The molecule has 0 fully saturated rings. The van der Waals surface area contributed by atoms with Gasteiger partial charge >= 0.3 is 12.2 Å². The summed E-state index contributed by atoms with van der Waals surface area (Å²) >= 11 is 0. The molecule has 0 saturated heterocycles. The standard InChI is InChI=1S/C16H24N2O4/c1-5-17(6-2)13-9-11-14(12-10-13)18(15(19)21-7-3)16(20)22-8-4/h9-12H,5-8H2,1-4H3. The number of carbonyl (C=O) groups is 2. The maximum Gasteiger partial charge on any atom is 0.423 e. The molecule has 0 aliphatic rings. The average Bonchev–Trinajstić information content (AvgIpc) is 2.51. The monoisotopic (exact) mass is 308 g/mol. The van der Waals surface area contributed by atoms with Crippen molar-refractivity contribution in [2.45, 2.75) is 27.7 Å². The normalized spacial score (nSPS) is 10.0. The van der Waals surface area contributed by atoms with Gasteiger partial charge in [-0.1, -0.05) is 0 Å². The summed E-state index contributed by atoms with van der Waals surface area (Å²) in [5.41, 5.74) is 1.45. The highest BCUT2D eigenvalue weighted by molar-refractivity contribution is 6.09. The van der Waals surface area contributed by atoms with Crippen molar-refractivity contribution in [3.05, 3.63) is 24.3 Å². The third-order valence-corrected chi connectivity index (χ3v) is 3.14. The Morgan fingerprint density at radius 1 is 0.818 bits per heavy atom. The summed E-state index contributed by atoms with van der Waals surface area (Å²) in [7, 11) is 0. The van der Waals surface area contributed by atoms with Crippen LogP contribution in [0.25, 0.3) is 0 Å². The van der Waals surface area contributed by atoms with Gasteiger partial charge < -0.3 is 14.4 Å². The largest absolute Gasteiger partial charge is 0.449 e. The van der Waals surface area contributed by atoms with Crippen molar-refractivity contribution >= 4 is 23.6 Å². The van der Waals surface area contributed by atoms with E-state index in [9.17, 15) is 9.59 Å². The summed E-state index contributed by atoms with van der Waals surface area (Å²) in [4.78, 5) is 27.0. The molecule has 0 spiro atoms. The highest BCUT2D eigenvalue weighted by Gasteiger charge is 2.26. The lowest BCUT2D eigenvalue weighted by atomic mass is 10.2. The first-order valence-electron chi connectivity index (χ1n) is 7.57. The van der Waals surface area contributed by atoms with E-state index < -0.39 is 12.2 Å². The molecule has 0 aromatic heterocycles. The molecule has 0 atom stereocenters. The molecule has 0 heterocycles. The van der Waals surface area contributed by atoms with Crippen LogP contribution in [0.15, 0.2) is 24.3 Å². The van der Waals surface area contributed by atoms with E-state index in [0.29, 0.717) is 5.69 Å². The van der Waals surface area contributed by atoms with Gasteiger partial charge in [0.15, 0.2) is 0 Å². The second-order valence-corrected chi connectivity index (χ2v) is 4.42. The molecule has 6 nitrogen and oxygen atoms in total. The molecule has 0 aliphatic carbocycles. The molecule has 2 amide bonds. The molecule has 0 N–H and O–H groups in total. The van der Waals surface area contributed by atoms with Crippen molar-refractivity contribution in [3.63, 3.8) is 0 Å². The fourth-order valence-corrected chi connectivity index (χ4v) is 2.06. The molecule has 122 valence electrons. The minimum absolute atomic E-state index is 0.187. The lowest BCUT2D eigenvalue weighted by Gasteiger charge is -2.23. The number of amides is 2. The highest BCUT2D eigenvalue weighted by Crippen LogP contribution is 2.22. The molecule has 0 radical (unpaired) electrons. The van der Waals surface area contributed by atoms with E-state index in [-0.39, 0.29) is 13.2 Å². The van der Waals surface area contributed by atoms with Crippen LogP contribution in [0.5, 0.6) is 0 Å². The zero-order valence-corrected chi connectivity index (χ0v) is 13.7. The number of imide groups is 1. The SMILES string of the molecule is CCOC(=O)N(C(=O)OCC)c1ccc(N(CC)CC)cc1. The summed E-state index contributed by atoms with van der Waals surface area (Å²) in [5, 5.41) is 0. The van der Waals surface area contributed by atoms with E-state index in [1.165, 1.54) is 0 Å². The third-order valence-electron chi connectivity index (χ3n) is 3.14. The molecule has 1 rings (SSSR count). The maximum absolute atomic E-state index is 12.0. The average molecular weight is 308 g/mol.